The van der Waals surface area contributed by atoms with Crippen LogP contribution in [0.15, 0.2) is 29.2 Å². The minimum Gasteiger partial charge on any atom is -0.495 e. The van der Waals surface area contributed by atoms with Crippen LogP contribution in [0, 0.1) is 10.8 Å². The van der Waals surface area contributed by atoms with Gasteiger partial charge >= 0.3 is 0 Å². The number of rotatable bonds is 4. The Morgan fingerprint density at radius 1 is 1.14 bits per heavy atom. The van der Waals surface area contributed by atoms with Gasteiger partial charge in [0, 0.05) is 12.1 Å². The lowest BCUT2D eigenvalue weighted by atomic mass is 9.49. The van der Waals surface area contributed by atoms with Crippen LogP contribution in [0.3, 0.4) is 0 Å². The highest BCUT2D eigenvalue weighted by molar-refractivity contribution is 7.89. The molecule has 1 aliphatic rings. The number of ether oxygens (including phenoxy) is 1. The van der Waals surface area contributed by atoms with Gasteiger partial charge in [-0.05, 0) is 23.0 Å². The Hall–Kier alpha value is -1.11. The molecule has 118 valence electrons. The molecule has 0 saturated heterocycles. The summed E-state index contributed by atoms with van der Waals surface area (Å²) in [6.07, 6.45) is 0. The van der Waals surface area contributed by atoms with Crippen LogP contribution in [0.4, 0.5) is 0 Å². The van der Waals surface area contributed by atoms with Crippen molar-refractivity contribution in [2.45, 2.75) is 44.7 Å². The second kappa shape index (κ2) is 4.97. The molecule has 1 aromatic carbocycles. The predicted molar refractivity (Wildman–Crippen MR) is 82.6 cm³/mol. The molecule has 0 aromatic heterocycles. The average molecular weight is 312 g/mol. The summed E-state index contributed by atoms with van der Waals surface area (Å²) in [4.78, 5) is 0.152. The summed E-state index contributed by atoms with van der Waals surface area (Å²) >= 11 is 0. The molecule has 0 bridgehead atoms. The van der Waals surface area contributed by atoms with E-state index in [0.29, 0.717) is 5.75 Å². The molecule has 1 aromatic rings. The Kier molecular flexibility index (Phi) is 3.85. The third-order valence-corrected chi connectivity index (χ3v) is 6.19. The lowest BCUT2D eigenvalue weighted by molar-refractivity contribution is -0.0593. The Labute approximate surface area is 126 Å². The molecule has 0 unspecified atom stereocenters. The van der Waals surface area contributed by atoms with E-state index in [-0.39, 0.29) is 27.8 Å². The monoisotopic (exact) mass is 312 g/mol. The maximum absolute atomic E-state index is 12.7. The molecular weight excluding hydrogens is 288 g/mol. The number of hydrogen-bond donors (Lipinski definition) is 2. The van der Waals surface area contributed by atoms with Crippen molar-refractivity contribution in [3.63, 3.8) is 0 Å². The number of methoxy groups -OCH3 is 1. The van der Waals surface area contributed by atoms with Crippen molar-refractivity contribution in [2.75, 3.05) is 7.11 Å². The first-order valence-electron chi connectivity index (χ1n) is 6.96. The first-order valence-corrected chi connectivity index (χ1v) is 8.44. The molecule has 2 rings (SSSR count). The molecule has 1 fully saturated rings. The van der Waals surface area contributed by atoms with Gasteiger partial charge < -0.3 is 10.5 Å². The fourth-order valence-electron chi connectivity index (χ4n) is 3.54. The SMILES string of the molecule is COc1ccccc1S(=O)(=O)NC1C(C)(C)C(N)C1(C)C. The van der Waals surface area contributed by atoms with Crippen LogP contribution < -0.4 is 15.2 Å². The molecule has 21 heavy (non-hydrogen) atoms. The molecule has 0 aliphatic heterocycles. The van der Waals surface area contributed by atoms with Crippen LogP contribution >= 0.6 is 0 Å². The summed E-state index contributed by atoms with van der Waals surface area (Å²) in [5.41, 5.74) is 5.59. The van der Waals surface area contributed by atoms with Gasteiger partial charge in [-0.25, -0.2) is 13.1 Å². The summed E-state index contributed by atoms with van der Waals surface area (Å²) in [5, 5.41) is 0. The Morgan fingerprint density at radius 3 is 2.19 bits per heavy atom. The minimum atomic E-state index is -3.66. The summed E-state index contributed by atoms with van der Waals surface area (Å²) in [7, 11) is -2.20. The van der Waals surface area contributed by atoms with Crippen molar-refractivity contribution in [3.05, 3.63) is 24.3 Å². The van der Waals surface area contributed by atoms with Gasteiger partial charge in [0.05, 0.1) is 7.11 Å². The highest BCUT2D eigenvalue weighted by Gasteiger charge is 2.61. The van der Waals surface area contributed by atoms with Crippen LogP contribution in [0.5, 0.6) is 5.75 Å². The average Bonchev–Trinajstić information content (AvgIpc) is 2.43. The van der Waals surface area contributed by atoms with E-state index in [4.69, 9.17) is 10.5 Å². The summed E-state index contributed by atoms with van der Waals surface area (Å²) in [6.45, 7) is 7.94. The van der Waals surface area contributed by atoms with Gasteiger partial charge in [0.25, 0.3) is 0 Å². The van der Waals surface area contributed by atoms with Gasteiger partial charge in [-0.3, -0.25) is 0 Å². The predicted octanol–water partition coefficient (Wildman–Crippen LogP) is 1.74. The molecule has 6 heteroatoms. The van der Waals surface area contributed by atoms with E-state index in [2.05, 4.69) is 4.72 Å². The van der Waals surface area contributed by atoms with Gasteiger partial charge in [0.15, 0.2) is 0 Å². The molecule has 5 nitrogen and oxygen atoms in total. The van der Waals surface area contributed by atoms with Crippen LogP contribution in [0.1, 0.15) is 27.7 Å². The van der Waals surface area contributed by atoms with Crippen LogP contribution in [-0.4, -0.2) is 27.6 Å². The van der Waals surface area contributed by atoms with E-state index in [1.807, 2.05) is 27.7 Å². The fraction of sp³-hybridized carbons (Fsp3) is 0.600. The summed E-state index contributed by atoms with van der Waals surface area (Å²) in [5.74, 6) is 0.337. The Bertz CT molecular complexity index is 622. The van der Waals surface area contributed by atoms with Crippen LogP contribution in [0.2, 0.25) is 0 Å². The number of sulfonamides is 1. The van der Waals surface area contributed by atoms with E-state index in [9.17, 15) is 8.42 Å². The van der Waals surface area contributed by atoms with E-state index in [1.54, 1.807) is 24.3 Å². The topological polar surface area (TPSA) is 81.4 Å². The standard InChI is InChI=1S/C15H24N2O3S/c1-14(2)12(16)15(3,4)13(14)17-21(18,19)11-9-7-6-8-10(11)20-5/h6-9,12-13,17H,16H2,1-5H3. The Balaban J connectivity index is 2.35. The van der Waals surface area contributed by atoms with Gasteiger partial charge in [0.1, 0.15) is 10.6 Å². The van der Waals surface area contributed by atoms with Crippen molar-refractivity contribution in [1.82, 2.24) is 4.72 Å². The van der Waals surface area contributed by atoms with Crippen molar-refractivity contribution in [3.8, 4) is 5.75 Å². The third-order valence-electron chi connectivity index (χ3n) is 4.72. The normalized spacial score (nSPS) is 27.0. The van der Waals surface area contributed by atoms with Crippen molar-refractivity contribution < 1.29 is 13.2 Å². The van der Waals surface area contributed by atoms with Crippen molar-refractivity contribution in [1.29, 1.82) is 0 Å². The maximum atomic E-state index is 12.7. The summed E-state index contributed by atoms with van der Waals surface area (Å²) < 4.78 is 33.3. The molecular formula is C15H24N2O3S. The number of para-hydroxylation sites is 1. The van der Waals surface area contributed by atoms with E-state index in [0.717, 1.165) is 0 Å². The smallest absolute Gasteiger partial charge is 0.244 e. The first kappa shape index (κ1) is 16.3. The highest BCUT2D eigenvalue weighted by atomic mass is 32.2. The highest BCUT2D eigenvalue weighted by Crippen LogP contribution is 2.53. The maximum Gasteiger partial charge on any atom is 0.244 e. The molecule has 1 saturated carbocycles. The van der Waals surface area contributed by atoms with Crippen molar-refractivity contribution >= 4 is 10.0 Å². The quantitative estimate of drug-likeness (QED) is 0.887. The second-order valence-electron chi connectivity index (χ2n) is 6.83. The van der Waals surface area contributed by atoms with Gasteiger partial charge in [-0.15, -0.1) is 0 Å². The fourth-order valence-corrected chi connectivity index (χ4v) is 5.26. The van der Waals surface area contributed by atoms with Crippen LogP contribution in [-0.2, 0) is 10.0 Å². The molecule has 0 heterocycles. The largest absolute Gasteiger partial charge is 0.495 e. The Morgan fingerprint density at radius 2 is 1.67 bits per heavy atom. The molecule has 0 spiro atoms. The van der Waals surface area contributed by atoms with Gasteiger partial charge in [-0.2, -0.15) is 0 Å². The van der Waals surface area contributed by atoms with Gasteiger partial charge in [-0.1, -0.05) is 39.8 Å². The third kappa shape index (κ3) is 2.45. The first-order chi connectivity index (χ1) is 9.55. The second-order valence-corrected chi connectivity index (χ2v) is 8.51. The van der Waals surface area contributed by atoms with E-state index < -0.39 is 10.0 Å². The zero-order valence-corrected chi connectivity index (χ0v) is 14.0. The molecule has 3 N–H and O–H groups in total. The lowest BCUT2D eigenvalue weighted by Crippen LogP contribution is -2.75. The molecule has 0 atom stereocenters. The van der Waals surface area contributed by atoms with E-state index >= 15 is 0 Å². The lowest BCUT2D eigenvalue weighted by Gasteiger charge is -2.62. The number of nitrogens with two attached hydrogens (primary N) is 1. The zero-order chi connectivity index (χ0) is 16.1. The molecule has 0 radical (unpaired) electrons. The number of benzene rings is 1. The summed E-state index contributed by atoms with van der Waals surface area (Å²) in [6, 6.07) is 6.31. The number of nitrogens with one attached hydrogen (secondary N) is 1. The van der Waals surface area contributed by atoms with Crippen LogP contribution in [0.25, 0.3) is 0 Å². The van der Waals surface area contributed by atoms with E-state index in [1.165, 1.54) is 7.11 Å². The number of hydrogen-bond acceptors (Lipinski definition) is 4. The molecule has 0 amide bonds. The zero-order valence-electron chi connectivity index (χ0n) is 13.2. The van der Waals surface area contributed by atoms with Gasteiger partial charge in [0.2, 0.25) is 10.0 Å². The molecule has 1 aliphatic carbocycles. The minimum absolute atomic E-state index is 0.0598. The van der Waals surface area contributed by atoms with Crippen molar-refractivity contribution in [2.24, 2.45) is 16.6 Å².